The minimum atomic E-state index is -0.660. The van der Waals surface area contributed by atoms with E-state index in [4.69, 9.17) is 9.84 Å². The Morgan fingerprint density at radius 3 is 1.17 bits per heavy atom. The van der Waals surface area contributed by atoms with Crippen LogP contribution in [0.5, 0.6) is 0 Å². The van der Waals surface area contributed by atoms with Gasteiger partial charge < -0.3 is 9.84 Å². The lowest BCUT2D eigenvalue weighted by Gasteiger charge is -2.16. The predicted molar refractivity (Wildman–Crippen MR) is 227 cm³/mol. The maximum Gasteiger partial charge on any atom is 0.306 e. The lowest BCUT2D eigenvalue weighted by atomic mass is 10.0. The highest BCUT2D eigenvalue weighted by Gasteiger charge is 2.12. The van der Waals surface area contributed by atoms with E-state index in [0.717, 1.165) is 44.9 Å². The summed E-state index contributed by atoms with van der Waals surface area (Å²) in [6.45, 7) is 4.42. The number of carbonyl (C=O) groups is 2. The van der Waals surface area contributed by atoms with Gasteiger partial charge in [-0.3, -0.25) is 9.59 Å². The van der Waals surface area contributed by atoms with Crippen LogP contribution in [0.25, 0.3) is 0 Å². The van der Waals surface area contributed by atoms with Gasteiger partial charge in [-0.2, -0.15) is 0 Å². The van der Waals surface area contributed by atoms with E-state index in [1.54, 1.807) is 0 Å². The fraction of sp³-hybridized carbons (Fsp3) is 0.875. The zero-order valence-electron chi connectivity index (χ0n) is 35.1. The van der Waals surface area contributed by atoms with Crippen LogP contribution in [0.2, 0.25) is 0 Å². The summed E-state index contributed by atoms with van der Waals surface area (Å²) >= 11 is 0. The molecule has 0 aromatic carbocycles. The third-order valence-corrected chi connectivity index (χ3v) is 10.8. The summed E-state index contributed by atoms with van der Waals surface area (Å²) in [4.78, 5) is 22.9. The molecule has 0 fully saturated rings. The number of hydrogen-bond acceptors (Lipinski definition) is 3. The highest BCUT2D eigenvalue weighted by molar-refractivity contribution is 5.69. The van der Waals surface area contributed by atoms with Gasteiger partial charge in [-0.1, -0.05) is 212 Å². The number of carbonyl (C=O) groups excluding carboxylic acids is 1. The topological polar surface area (TPSA) is 63.6 Å². The van der Waals surface area contributed by atoms with Crippen molar-refractivity contribution < 1.29 is 19.4 Å². The van der Waals surface area contributed by atoms with Gasteiger partial charge in [0.1, 0.15) is 6.10 Å². The van der Waals surface area contributed by atoms with Crippen molar-refractivity contribution in [1.82, 2.24) is 0 Å². The zero-order valence-corrected chi connectivity index (χ0v) is 35.1. The first kappa shape index (κ1) is 50.4. The maximum atomic E-state index is 12.4. The number of ether oxygens (including phenoxy) is 1. The van der Waals surface area contributed by atoms with Gasteiger partial charge in [-0.05, 0) is 64.2 Å². The minimum absolute atomic E-state index is 0.0266. The van der Waals surface area contributed by atoms with E-state index < -0.39 is 5.97 Å². The van der Waals surface area contributed by atoms with E-state index in [-0.39, 0.29) is 12.1 Å². The molecule has 0 spiro atoms. The molecule has 0 bridgehead atoms. The smallest absolute Gasteiger partial charge is 0.306 e. The molecule has 0 radical (unpaired) electrons. The average molecular weight is 731 g/mol. The second-order valence-corrected chi connectivity index (χ2v) is 15.9. The van der Waals surface area contributed by atoms with Gasteiger partial charge in [-0.15, -0.1) is 0 Å². The van der Waals surface area contributed by atoms with Gasteiger partial charge in [0.2, 0.25) is 0 Å². The van der Waals surface area contributed by atoms with Gasteiger partial charge in [0.15, 0.2) is 0 Å². The van der Waals surface area contributed by atoms with Crippen molar-refractivity contribution in [3.05, 3.63) is 24.3 Å². The second-order valence-electron chi connectivity index (χ2n) is 15.9. The summed E-state index contributed by atoms with van der Waals surface area (Å²) < 4.78 is 5.83. The lowest BCUT2D eigenvalue weighted by molar-refractivity contribution is -0.149. The normalized spacial score (nSPS) is 12.3. The molecule has 0 heterocycles. The van der Waals surface area contributed by atoms with Gasteiger partial charge in [-0.25, -0.2) is 0 Å². The molecule has 52 heavy (non-hydrogen) atoms. The lowest BCUT2D eigenvalue weighted by Crippen LogP contribution is -2.17. The average Bonchev–Trinajstić information content (AvgIpc) is 3.14. The van der Waals surface area contributed by atoms with E-state index in [0.29, 0.717) is 12.8 Å². The molecule has 306 valence electrons. The van der Waals surface area contributed by atoms with Crippen molar-refractivity contribution in [2.75, 3.05) is 0 Å². The minimum Gasteiger partial charge on any atom is -0.481 e. The molecule has 0 aliphatic rings. The maximum absolute atomic E-state index is 12.4. The van der Waals surface area contributed by atoms with E-state index in [1.807, 2.05) is 0 Å². The molecule has 4 nitrogen and oxygen atoms in total. The Bertz CT molecular complexity index is 787. The summed E-state index contributed by atoms with van der Waals surface area (Å²) in [6, 6.07) is 0. The first-order valence-electron chi connectivity index (χ1n) is 23.3. The zero-order chi connectivity index (χ0) is 37.8. The third-order valence-electron chi connectivity index (χ3n) is 10.8. The summed E-state index contributed by atoms with van der Waals surface area (Å²) in [5.41, 5.74) is 0. The molecule has 1 atom stereocenters. The van der Waals surface area contributed by atoms with Crippen LogP contribution < -0.4 is 0 Å². The standard InChI is InChI=1S/C48H90O4/c1-3-5-6-7-8-9-10-11-12-13-14-15-16-21-24-27-30-33-36-39-42-45-48(51)52-46(4-2)43-40-37-34-31-28-25-22-19-17-18-20-23-26-29-32-35-38-41-44-47(49)50/h8-9,11-12,46H,3-7,10,13-45H2,1-2H3,(H,49,50)/b9-8-,12-11-. The van der Waals surface area contributed by atoms with Crippen LogP contribution >= 0.6 is 0 Å². The van der Waals surface area contributed by atoms with Gasteiger partial charge >= 0.3 is 11.9 Å². The summed E-state index contributed by atoms with van der Waals surface area (Å²) in [7, 11) is 0. The SMILES string of the molecule is CCCCC/C=C\C/C=C\CCCCCCCCCCCCCC(=O)OC(CC)CCCCCCCCCCCCCCCCCCCCC(=O)O. The molecule has 0 aliphatic heterocycles. The first-order chi connectivity index (χ1) is 25.6. The van der Waals surface area contributed by atoms with Crippen LogP contribution in [0.15, 0.2) is 24.3 Å². The molecule has 0 aliphatic carbocycles. The molecule has 1 N–H and O–H groups in total. The van der Waals surface area contributed by atoms with Crippen LogP contribution in [-0.2, 0) is 14.3 Å². The van der Waals surface area contributed by atoms with Crippen LogP contribution in [-0.4, -0.2) is 23.1 Å². The molecular weight excluding hydrogens is 641 g/mol. The Labute approximate surface area is 325 Å². The molecule has 0 aromatic rings. The fourth-order valence-corrected chi connectivity index (χ4v) is 7.21. The molecule has 0 amide bonds. The van der Waals surface area contributed by atoms with Gasteiger partial charge in [0.05, 0.1) is 0 Å². The predicted octanol–water partition coefficient (Wildman–Crippen LogP) is 16.3. The van der Waals surface area contributed by atoms with Crippen molar-refractivity contribution in [3.63, 3.8) is 0 Å². The first-order valence-corrected chi connectivity index (χ1v) is 23.3. The van der Waals surface area contributed by atoms with Crippen LogP contribution in [0, 0.1) is 0 Å². The van der Waals surface area contributed by atoms with Gasteiger partial charge in [0, 0.05) is 12.8 Å². The highest BCUT2D eigenvalue weighted by Crippen LogP contribution is 2.18. The Hall–Kier alpha value is -1.58. The molecule has 0 saturated carbocycles. The van der Waals surface area contributed by atoms with Crippen molar-refractivity contribution in [2.45, 2.75) is 270 Å². The summed E-state index contributed by atoms with van der Waals surface area (Å²) in [5, 5.41) is 8.66. The van der Waals surface area contributed by atoms with E-state index in [9.17, 15) is 9.59 Å². The van der Waals surface area contributed by atoms with Crippen molar-refractivity contribution in [3.8, 4) is 0 Å². The summed E-state index contributed by atoms with van der Waals surface area (Å²) in [6.07, 6.45) is 57.5. The number of carboxylic acids is 1. The highest BCUT2D eigenvalue weighted by atomic mass is 16.5. The quantitative estimate of drug-likeness (QED) is 0.0385. The van der Waals surface area contributed by atoms with Crippen molar-refractivity contribution >= 4 is 11.9 Å². The van der Waals surface area contributed by atoms with E-state index in [2.05, 4.69) is 38.2 Å². The van der Waals surface area contributed by atoms with Crippen LogP contribution in [0.3, 0.4) is 0 Å². The van der Waals surface area contributed by atoms with Crippen LogP contribution in [0.1, 0.15) is 264 Å². The molecule has 4 heteroatoms. The number of aliphatic carboxylic acids is 1. The van der Waals surface area contributed by atoms with E-state index >= 15 is 0 Å². The number of esters is 1. The monoisotopic (exact) mass is 731 g/mol. The molecule has 0 rings (SSSR count). The number of allylic oxidation sites excluding steroid dienone is 4. The Kier molecular flexibility index (Phi) is 42.5. The molecule has 0 aromatic heterocycles. The van der Waals surface area contributed by atoms with Crippen LogP contribution in [0.4, 0.5) is 0 Å². The largest absolute Gasteiger partial charge is 0.481 e. The van der Waals surface area contributed by atoms with Gasteiger partial charge in [0.25, 0.3) is 0 Å². The second kappa shape index (κ2) is 43.8. The summed E-state index contributed by atoms with van der Waals surface area (Å²) in [5.74, 6) is -0.633. The molecule has 1 unspecified atom stereocenters. The van der Waals surface area contributed by atoms with Crippen molar-refractivity contribution in [1.29, 1.82) is 0 Å². The molecule has 0 saturated heterocycles. The fourth-order valence-electron chi connectivity index (χ4n) is 7.21. The number of rotatable bonds is 43. The van der Waals surface area contributed by atoms with Crippen molar-refractivity contribution in [2.24, 2.45) is 0 Å². The Balaban J connectivity index is 3.39. The number of carboxylic acid groups (broad SMARTS) is 1. The van der Waals surface area contributed by atoms with E-state index in [1.165, 1.54) is 193 Å². The Morgan fingerprint density at radius 2 is 0.788 bits per heavy atom. The molecular formula is C48H90O4. The third kappa shape index (κ3) is 42.8. The Morgan fingerprint density at radius 1 is 0.442 bits per heavy atom. The number of hydrogen-bond donors (Lipinski definition) is 1. The number of unbranched alkanes of at least 4 members (excludes halogenated alkanes) is 31.